The van der Waals surface area contributed by atoms with Crippen LogP contribution in [0.25, 0.3) is 0 Å². The average molecular weight is 246 g/mol. The van der Waals surface area contributed by atoms with Crippen LogP contribution in [0, 0.1) is 0 Å². The van der Waals surface area contributed by atoms with Gasteiger partial charge in [-0.3, -0.25) is 0 Å². The Kier molecular flexibility index (Phi) is 3.36. The lowest BCUT2D eigenvalue weighted by atomic mass is 9.98. The van der Waals surface area contributed by atoms with Crippen LogP contribution >= 0.6 is 22.9 Å². The van der Waals surface area contributed by atoms with E-state index in [0.29, 0.717) is 0 Å². The highest BCUT2D eigenvalue weighted by Crippen LogP contribution is 2.31. The summed E-state index contributed by atoms with van der Waals surface area (Å²) in [5, 5.41) is 3.54. The smallest absolute Gasteiger partial charge is 0.104 e. The van der Waals surface area contributed by atoms with Crippen LogP contribution in [0.2, 0.25) is 4.34 Å². The Hall–Kier alpha value is -0.0900. The number of rotatable bonds is 2. The molecule has 0 saturated carbocycles. The Balaban J connectivity index is 1.99. The van der Waals surface area contributed by atoms with Crippen LogP contribution < -0.4 is 5.32 Å². The molecule has 0 bridgehead atoms. The summed E-state index contributed by atoms with van der Waals surface area (Å²) >= 11 is 7.51. The summed E-state index contributed by atoms with van der Waals surface area (Å²) in [5.74, 6) is 0. The fourth-order valence-electron chi connectivity index (χ4n) is 1.64. The van der Waals surface area contributed by atoms with E-state index in [9.17, 15) is 0 Å². The third kappa shape index (κ3) is 2.53. The van der Waals surface area contributed by atoms with Crippen molar-refractivity contribution in [2.45, 2.75) is 31.9 Å². The maximum absolute atomic E-state index is 5.91. The highest BCUT2D eigenvalue weighted by molar-refractivity contribution is 7.16. The molecular weight excluding hydrogens is 230 g/mol. The van der Waals surface area contributed by atoms with Gasteiger partial charge in [0.25, 0.3) is 0 Å². The Bertz CT molecular complexity index is 331. The molecule has 2 rings (SSSR count). The highest BCUT2D eigenvalue weighted by Gasteiger charge is 2.30. The van der Waals surface area contributed by atoms with E-state index in [0.717, 1.165) is 23.9 Å². The van der Waals surface area contributed by atoms with Crippen molar-refractivity contribution < 1.29 is 4.74 Å². The third-order valence-corrected chi connectivity index (χ3v) is 4.33. The molecule has 0 aromatic carbocycles. The van der Waals surface area contributed by atoms with E-state index in [-0.39, 0.29) is 11.6 Å². The second-order valence-electron chi connectivity index (χ2n) is 4.24. The molecule has 2 heterocycles. The normalized spacial score (nSPS) is 31.8. The Morgan fingerprint density at radius 2 is 2.47 bits per heavy atom. The number of morpholine rings is 1. The summed E-state index contributed by atoms with van der Waals surface area (Å²) in [6.07, 6.45) is 1.26. The summed E-state index contributed by atoms with van der Waals surface area (Å²) in [7, 11) is 0. The van der Waals surface area contributed by atoms with Gasteiger partial charge in [-0.05, 0) is 25.5 Å². The van der Waals surface area contributed by atoms with Crippen LogP contribution in [-0.4, -0.2) is 18.7 Å². The topological polar surface area (TPSA) is 21.3 Å². The van der Waals surface area contributed by atoms with Gasteiger partial charge in [-0.1, -0.05) is 18.5 Å². The molecule has 1 fully saturated rings. The SMILES string of the molecule is CCC1(C)COC(c2ccc(Cl)s2)CN1. The van der Waals surface area contributed by atoms with E-state index in [2.05, 4.69) is 19.2 Å². The standard InChI is InChI=1S/C11H16ClNOS/c1-3-11(2)7-14-8(6-13-11)9-4-5-10(12)15-9/h4-5,8,13H,3,6-7H2,1-2H3. The molecule has 1 aromatic rings. The van der Waals surface area contributed by atoms with Crippen molar-refractivity contribution in [1.29, 1.82) is 0 Å². The molecule has 1 aliphatic rings. The van der Waals surface area contributed by atoms with E-state index in [1.54, 1.807) is 11.3 Å². The second-order valence-corrected chi connectivity index (χ2v) is 5.98. The van der Waals surface area contributed by atoms with Gasteiger partial charge in [0.05, 0.1) is 10.9 Å². The lowest BCUT2D eigenvalue weighted by molar-refractivity contribution is -0.0282. The zero-order valence-corrected chi connectivity index (χ0v) is 10.6. The highest BCUT2D eigenvalue weighted by atomic mass is 35.5. The van der Waals surface area contributed by atoms with Gasteiger partial charge < -0.3 is 10.1 Å². The van der Waals surface area contributed by atoms with E-state index in [1.807, 2.05) is 12.1 Å². The van der Waals surface area contributed by atoms with E-state index in [1.165, 1.54) is 4.88 Å². The van der Waals surface area contributed by atoms with Crippen molar-refractivity contribution in [3.63, 3.8) is 0 Å². The molecule has 2 nitrogen and oxygen atoms in total. The molecule has 15 heavy (non-hydrogen) atoms. The molecule has 1 aromatic heterocycles. The molecule has 1 saturated heterocycles. The Labute approximate surface area is 99.6 Å². The molecule has 1 aliphatic heterocycles. The van der Waals surface area contributed by atoms with E-state index < -0.39 is 0 Å². The molecule has 0 spiro atoms. The van der Waals surface area contributed by atoms with Gasteiger partial charge in [0, 0.05) is 17.0 Å². The van der Waals surface area contributed by atoms with Gasteiger partial charge in [0.15, 0.2) is 0 Å². The zero-order chi connectivity index (χ0) is 10.9. The van der Waals surface area contributed by atoms with Crippen molar-refractivity contribution in [1.82, 2.24) is 5.32 Å². The first-order valence-corrected chi connectivity index (χ1v) is 6.44. The van der Waals surface area contributed by atoms with Gasteiger partial charge in [-0.2, -0.15) is 0 Å². The van der Waals surface area contributed by atoms with Crippen molar-refractivity contribution in [3.05, 3.63) is 21.3 Å². The number of nitrogens with one attached hydrogen (secondary N) is 1. The molecule has 0 amide bonds. The third-order valence-electron chi connectivity index (χ3n) is 3.01. The maximum atomic E-state index is 5.91. The predicted molar refractivity (Wildman–Crippen MR) is 64.7 cm³/mol. The first kappa shape index (κ1) is 11.4. The first-order chi connectivity index (χ1) is 7.13. The van der Waals surface area contributed by atoms with Crippen molar-refractivity contribution in [2.24, 2.45) is 0 Å². The minimum atomic E-state index is 0.136. The van der Waals surface area contributed by atoms with Gasteiger partial charge >= 0.3 is 0 Å². The fraction of sp³-hybridized carbons (Fsp3) is 0.636. The van der Waals surface area contributed by atoms with Crippen molar-refractivity contribution in [2.75, 3.05) is 13.2 Å². The predicted octanol–water partition coefficient (Wildman–Crippen LogP) is 3.23. The van der Waals surface area contributed by atoms with E-state index >= 15 is 0 Å². The molecule has 1 N–H and O–H groups in total. The largest absolute Gasteiger partial charge is 0.369 e. The van der Waals surface area contributed by atoms with Gasteiger partial charge in [0.2, 0.25) is 0 Å². The quantitative estimate of drug-likeness (QED) is 0.864. The lowest BCUT2D eigenvalue weighted by Crippen LogP contribution is -2.52. The first-order valence-electron chi connectivity index (χ1n) is 5.25. The molecule has 4 heteroatoms. The van der Waals surface area contributed by atoms with Crippen LogP contribution in [0.15, 0.2) is 12.1 Å². The number of thiophene rings is 1. The van der Waals surface area contributed by atoms with Crippen molar-refractivity contribution >= 4 is 22.9 Å². The number of ether oxygens (including phenoxy) is 1. The minimum Gasteiger partial charge on any atom is -0.369 e. The summed E-state index contributed by atoms with van der Waals surface area (Å²) in [4.78, 5) is 1.21. The van der Waals surface area contributed by atoms with Crippen LogP contribution in [0.5, 0.6) is 0 Å². The van der Waals surface area contributed by atoms with E-state index in [4.69, 9.17) is 16.3 Å². The Morgan fingerprint density at radius 3 is 2.93 bits per heavy atom. The van der Waals surface area contributed by atoms with Crippen molar-refractivity contribution in [3.8, 4) is 0 Å². The fourth-order valence-corrected chi connectivity index (χ4v) is 2.76. The van der Waals surface area contributed by atoms with Gasteiger partial charge in [-0.25, -0.2) is 0 Å². The summed E-state index contributed by atoms with van der Waals surface area (Å²) in [6.45, 7) is 6.02. The molecule has 0 radical (unpaired) electrons. The molecule has 2 unspecified atom stereocenters. The lowest BCUT2D eigenvalue weighted by Gasteiger charge is -2.37. The molecular formula is C11H16ClNOS. The Morgan fingerprint density at radius 1 is 1.67 bits per heavy atom. The number of hydrogen-bond donors (Lipinski definition) is 1. The summed E-state index contributed by atoms with van der Waals surface area (Å²) < 4.78 is 6.70. The summed E-state index contributed by atoms with van der Waals surface area (Å²) in [5.41, 5.74) is 0.136. The second kappa shape index (κ2) is 4.42. The number of halogens is 1. The molecule has 84 valence electrons. The molecule has 2 atom stereocenters. The zero-order valence-electron chi connectivity index (χ0n) is 9.05. The van der Waals surface area contributed by atoms with Crippen LogP contribution in [-0.2, 0) is 4.74 Å². The monoisotopic (exact) mass is 245 g/mol. The average Bonchev–Trinajstić information content (AvgIpc) is 2.66. The van der Waals surface area contributed by atoms with Crippen LogP contribution in [0.1, 0.15) is 31.2 Å². The van der Waals surface area contributed by atoms with Gasteiger partial charge in [0.1, 0.15) is 6.10 Å². The number of hydrogen-bond acceptors (Lipinski definition) is 3. The maximum Gasteiger partial charge on any atom is 0.104 e. The van der Waals surface area contributed by atoms with Gasteiger partial charge in [-0.15, -0.1) is 11.3 Å². The minimum absolute atomic E-state index is 0.136. The van der Waals surface area contributed by atoms with Crippen LogP contribution in [0.4, 0.5) is 0 Å². The van der Waals surface area contributed by atoms with Crippen LogP contribution in [0.3, 0.4) is 0 Å². The molecule has 0 aliphatic carbocycles. The summed E-state index contributed by atoms with van der Waals surface area (Å²) in [6, 6.07) is 3.98.